The van der Waals surface area contributed by atoms with Gasteiger partial charge in [0.05, 0.1) is 15.2 Å². The van der Waals surface area contributed by atoms with E-state index in [0.717, 1.165) is 0 Å². The molecular weight excluding hydrogens is 528 g/mol. The van der Waals surface area contributed by atoms with Crippen LogP contribution in [0, 0.1) is 0 Å². The van der Waals surface area contributed by atoms with Crippen LogP contribution in [0.15, 0.2) is 0 Å². The van der Waals surface area contributed by atoms with Crippen molar-refractivity contribution in [1.29, 1.82) is 0 Å². The van der Waals surface area contributed by atoms with Crippen LogP contribution in [-0.4, -0.2) is 29.1 Å². The fourth-order valence-corrected chi connectivity index (χ4v) is 104. The Morgan fingerprint density at radius 2 is 0.655 bits per heavy atom. The van der Waals surface area contributed by atoms with Crippen LogP contribution in [0.1, 0.15) is 125 Å². The van der Waals surface area contributed by atoms with Crippen molar-refractivity contribution in [3.63, 3.8) is 0 Å². The van der Waals surface area contributed by atoms with E-state index in [-0.39, 0.29) is 0 Å². The predicted octanol–water partition coefficient (Wildman–Crippen LogP) is 9.89. The molecule has 0 heterocycles. The van der Waals surface area contributed by atoms with Crippen LogP contribution in [0.4, 0.5) is 0 Å². The minimum Gasteiger partial charge on any atom is -0.129 e. The van der Waals surface area contributed by atoms with Crippen LogP contribution in [0.5, 0.6) is 0 Å². The molecule has 29 heavy (non-hydrogen) atoms. The maximum absolute atomic E-state index is 3.09. The average molecular weight is 582 g/mol. The molecule has 0 aliphatic heterocycles. The Kier molecular flexibility index (Phi) is 8.89. The van der Waals surface area contributed by atoms with Gasteiger partial charge in [0.2, 0.25) is 0 Å². The highest BCUT2D eigenvalue weighted by molar-refractivity contribution is 14.1. The third kappa shape index (κ3) is 5.08. The zero-order valence-corrected chi connectivity index (χ0v) is 29.5. The molecule has 0 fully saturated rings. The lowest BCUT2D eigenvalue weighted by atomic mass is 10.2. The maximum Gasteiger partial charge on any atom is 0.104 e. The Morgan fingerprint density at radius 1 is 0.448 bits per heavy atom. The third-order valence-electron chi connectivity index (χ3n) is 7.38. The minimum absolute atomic E-state index is 0.400. The molecule has 0 N–H and O–H groups in total. The van der Waals surface area contributed by atoms with Crippen molar-refractivity contribution in [3.8, 4) is 0 Å². The molecule has 0 nitrogen and oxygen atoms in total. The molecule has 3 radical (unpaired) electrons. The van der Waals surface area contributed by atoms with Gasteiger partial charge in [-0.05, 0) is 30.2 Å². The molecule has 0 saturated heterocycles. The van der Waals surface area contributed by atoms with E-state index in [2.05, 4.69) is 146 Å². The predicted molar refractivity (Wildman–Crippen MR) is 155 cm³/mol. The quantitative estimate of drug-likeness (QED) is 0.177. The lowest BCUT2D eigenvalue weighted by Crippen LogP contribution is -2.75. The topological polar surface area (TPSA) is 0 Å². The van der Waals surface area contributed by atoms with Crippen molar-refractivity contribution >= 4 is 50.9 Å². The van der Waals surface area contributed by atoms with E-state index in [4.69, 9.17) is 0 Å². The van der Waals surface area contributed by atoms with Crippen LogP contribution in [0.2, 0.25) is 30.2 Å². The molecule has 0 bridgehead atoms. The van der Waals surface area contributed by atoms with Gasteiger partial charge >= 0.3 is 0 Å². The minimum atomic E-state index is -1.71. The zero-order chi connectivity index (χ0) is 24.3. The van der Waals surface area contributed by atoms with Gasteiger partial charge in [-0.2, -0.15) is 0 Å². The van der Waals surface area contributed by atoms with Crippen LogP contribution < -0.4 is 0 Å². The fraction of sp³-hybridized carbons (Fsp3) is 1.00. The summed E-state index contributed by atoms with van der Waals surface area (Å²) in [4.78, 5) is 0. The fourth-order valence-electron chi connectivity index (χ4n) is 8.56. The molecule has 0 atom stereocenters. The number of hydrogen-bond acceptors (Lipinski definition) is 0. The summed E-state index contributed by atoms with van der Waals surface area (Å²) in [6.45, 7) is 46.6. The average Bonchev–Trinajstić information content (AvgIpc) is 2.25. The Balaban J connectivity index is 7.22. The van der Waals surface area contributed by atoms with Gasteiger partial charge in [0.1, 0.15) is 5.33 Å². The molecule has 0 rings (SSSR count). The number of halogens is 1. The molecule has 0 aromatic heterocycles. The van der Waals surface area contributed by atoms with Crippen molar-refractivity contribution in [2.75, 3.05) is 0 Å². The zero-order valence-electron chi connectivity index (χ0n) is 23.4. The molecule has 5 heteroatoms. The number of rotatable bonds is 3. The van der Waals surface area contributed by atoms with Gasteiger partial charge in [-0.15, -0.1) is 21.8 Å². The smallest absolute Gasteiger partial charge is 0.104 e. The van der Waals surface area contributed by atoms with E-state index in [1.807, 2.05) is 0 Å². The standard InChI is InChI=1S/C24H54ISi4/c1-19(2,3)28(20(4,5)6,21(7,8)9)26-27(25)29(22(10,11)12,23(13,14)15)24(16,17)18/h1-18H3. The Labute approximate surface area is 204 Å². The molecular formula is C24H54ISi4. The van der Waals surface area contributed by atoms with Gasteiger partial charge in [0.25, 0.3) is 0 Å². The van der Waals surface area contributed by atoms with E-state index in [1.54, 1.807) is 0 Å². The van der Waals surface area contributed by atoms with E-state index >= 15 is 0 Å². The monoisotopic (exact) mass is 581 g/mol. The summed E-state index contributed by atoms with van der Waals surface area (Å²) in [7, 11) is -2.24. The van der Waals surface area contributed by atoms with Crippen molar-refractivity contribution in [2.45, 2.75) is 155 Å². The Hall–Kier alpha value is 1.60. The summed E-state index contributed by atoms with van der Waals surface area (Å²) < 4.78 is 0. The van der Waals surface area contributed by atoms with E-state index in [9.17, 15) is 0 Å². The summed E-state index contributed by atoms with van der Waals surface area (Å²) in [5.74, 6) is 0. The van der Waals surface area contributed by atoms with Crippen molar-refractivity contribution in [2.24, 2.45) is 0 Å². The highest BCUT2D eigenvalue weighted by atomic mass is 127. The summed E-state index contributed by atoms with van der Waals surface area (Å²) in [6.07, 6.45) is 0. The molecule has 0 saturated carbocycles. The summed E-state index contributed by atoms with van der Waals surface area (Å²) in [5, 5.41) is 1.84. The second-order valence-corrected chi connectivity index (χ2v) is 49.7. The van der Waals surface area contributed by atoms with Gasteiger partial charge in [-0.3, -0.25) is 0 Å². The maximum atomic E-state index is 3.09. The van der Waals surface area contributed by atoms with Crippen LogP contribution >= 0.6 is 21.8 Å². The third-order valence-corrected chi connectivity index (χ3v) is 66.1. The first kappa shape index (κ1) is 30.6. The van der Waals surface area contributed by atoms with Crippen molar-refractivity contribution in [3.05, 3.63) is 0 Å². The summed E-state index contributed by atoms with van der Waals surface area (Å²) >= 11 is 3.09. The highest BCUT2D eigenvalue weighted by Gasteiger charge is 2.68. The van der Waals surface area contributed by atoms with Gasteiger partial charge in [-0.1, -0.05) is 125 Å². The number of hydrogen-bond donors (Lipinski definition) is 0. The lowest BCUT2D eigenvalue weighted by molar-refractivity contribution is 0.553. The normalized spacial score (nSPS) is 16.6. The summed E-state index contributed by atoms with van der Waals surface area (Å²) in [6, 6.07) is 0. The Bertz CT molecular complexity index is 483. The van der Waals surface area contributed by atoms with Gasteiger partial charge < -0.3 is 0 Å². The first-order chi connectivity index (χ1) is 12.1. The first-order valence-electron chi connectivity index (χ1n) is 11.4. The van der Waals surface area contributed by atoms with Crippen LogP contribution in [-0.2, 0) is 0 Å². The van der Waals surface area contributed by atoms with Gasteiger partial charge in [-0.25, -0.2) is 0 Å². The largest absolute Gasteiger partial charge is 0.129 e. The van der Waals surface area contributed by atoms with Crippen LogP contribution in [0.25, 0.3) is 0 Å². The molecule has 0 aliphatic rings. The van der Waals surface area contributed by atoms with Crippen molar-refractivity contribution < 1.29 is 0 Å². The molecule has 0 aromatic rings. The van der Waals surface area contributed by atoms with E-state index < -0.39 is 20.5 Å². The van der Waals surface area contributed by atoms with Crippen molar-refractivity contribution in [1.82, 2.24) is 0 Å². The van der Waals surface area contributed by atoms with E-state index in [0.29, 0.717) is 30.2 Å². The second-order valence-electron chi connectivity index (χ2n) is 15.4. The van der Waals surface area contributed by atoms with Gasteiger partial charge in [0.15, 0.2) is 0 Å². The van der Waals surface area contributed by atoms with E-state index in [1.165, 1.54) is 8.55 Å². The first-order valence-corrected chi connectivity index (χ1v) is 24.1. The highest BCUT2D eigenvalue weighted by Crippen LogP contribution is 2.66. The Morgan fingerprint density at radius 3 is 0.793 bits per heavy atom. The molecule has 0 unspecified atom stereocenters. The SMILES string of the molecule is CC(C)(C)[Si]([Si][Si](I)[Si](C(C)(C)C)(C(C)(C)C)C(C)(C)C)(C(C)(C)C)C(C)(C)C. The molecule has 0 spiro atoms. The summed E-state index contributed by atoms with van der Waals surface area (Å²) in [5.41, 5.74) is 0. The molecule has 0 amide bonds. The van der Waals surface area contributed by atoms with Crippen LogP contribution in [0.3, 0.4) is 0 Å². The molecule has 173 valence electrons. The molecule has 0 aliphatic carbocycles. The van der Waals surface area contributed by atoms with Gasteiger partial charge in [0, 0.05) is 8.55 Å². The molecule has 0 aromatic carbocycles. The lowest BCUT2D eigenvalue weighted by Gasteiger charge is -2.65. The second kappa shape index (κ2) is 8.43.